The number of hydrogen-bond donors (Lipinski definition) is 0. The number of para-hydroxylation sites is 2. The zero-order chi connectivity index (χ0) is 24.4. The Balaban J connectivity index is 1.31. The minimum atomic E-state index is -1.07. The average molecular weight is 476 g/mol. The molecule has 1 aliphatic rings. The van der Waals surface area contributed by atoms with Crippen molar-refractivity contribution in [1.29, 1.82) is 0 Å². The fourth-order valence-corrected chi connectivity index (χ4v) is 4.16. The summed E-state index contributed by atoms with van der Waals surface area (Å²) in [7, 11) is 0. The fraction of sp³-hybridized carbons (Fsp3) is 0.185. The fourth-order valence-electron chi connectivity index (χ4n) is 4.16. The quantitative estimate of drug-likeness (QED) is 0.412. The van der Waals surface area contributed by atoms with E-state index in [-0.39, 0.29) is 50.0 Å². The van der Waals surface area contributed by atoms with Gasteiger partial charge in [0.25, 0.3) is 11.8 Å². The van der Waals surface area contributed by atoms with Gasteiger partial charge in [-0.25, -0.2) is 8.78 Å². The highest BCUT2D eigenvalue weighted by Crippen LogP contribution is 2.29. The summed E-state index contributed by atoms with van der Waals surface area (Å²) in [6, 6.07) is 19.8. The molecule has 0 unspecified atom stereocenters. The van der Waals surface area contributed by atoms with Crippen molar-refractivity contribution >= 4 is 22.8 Å². The monoisotopic (exact) mass is 476 g/mol. The van der Waals surface area contributed by atoms with Crippen molar-refractivity contribution in [2.24, 2.45) is 0 Å². The lowest BCUT2D eigenvalue weighted by molar-refractivity contribution is 0.0517. The Morgan fingerprint density at radius 1 is 0.800 bits per heavy atom. The van der Waals surface area contributed by atoms with Crippen molar-refractivity contribution in [3.63, 3.8) is 0 Å². The number of piperazine rings is 1. The molecule has 2 heterocycles. The maximum Gasteiger partial charge on any atom is 0.290 e. The number of amides is 2. The Kier molecular flexibility index (Phi) is 6.18. The Hall–Kier alpha value is -4.20. The van der Waals surface area contributed by atoms with E-state index in [2.05, 4.69) is 0 Å². The second kappa shape index (κ2) is 9.58. The molecule has 4 aromatic rings. The van der Waals surface area contributed by atoms with Gasteiger partial charge in [-0.05, 0) is 36.4 Å². The molecule has 1 aromatic heterocycles. The van der Waals surface area contributed by atoms with Crippen LogP contribution in [-0.2, 0) is 6.61 Å². The Morgan fingerprint density at radius 2 is 1.46 bits per heavy atom. The molecule has 3 aromatic carbocycles. The van der Waals surface area contributed by atoms with Crippen LogP contribution >= 0.6 is 0 Å². The maximum atomic E-state index is 13.5. The molecule has 0 saturated carbocycles. The van der Waals surface area contributed by atoms with E-state index < -0.39 is 17.5 Å². The van der Waals surface area contributed by atoms with Gasteiger partial charge in [0.05, 0.1) is 0 Å². The summed E-state index contributed by atoms with van der Waals surface area (Å²) in [6.07, 6.45) is 0. The SMILES string of the molecule is O=C(c1ccc(F)c(F)c1)N1CCN(C(=O)c2oc3ccccc3c2COc2ccccc2)CC1. The topological polar surface area (TPSA) is 63.0 Å². The van der Waals surface area contributed by atoms with Crippen LogP contribution in [0.15, 0.2) is 77.2 Å². The van der Waals surface area contributed by atoms with Crippen LogP contribution in [0.4, 0.5) is 8.78 Å². The lowest BCUT2D eigenvalue weighted by atomic mass is 10.1. The first-order chi connectivity index (χ1) is 17.0. The van der Waals surface area contributed by atoms with E-state index in [1.807, 2.05) is 48.5 Å². The molecule has 0 bridgehead atoms. The smallest absolute Gasteiger partial charge is 0.290 e. The number of nitrogens with zero attached hydrogens (tertiary/aromatic N) is 2. The number of benzene rings is 3. The van der Waals surface area contributed by atoms with E-state index in [1.165, 1.54) is 11.0 Å². The summed E-state index contributed by atoms with van der Waals surface area (Å²) >= 11 is 0. The molecule has 5 rings (SSSR count). The second-order valence-corrected chi connectivity index (χ2v) is 8.22. The van der Waals surface area contributed by atoms with Crippen molar-refractivity contribution < 1.29 is 27.5 Å². The van der Waals surface area contributed by atoms with Gasteiger partial charge in [-0.1, -0.05) is 36.4 Å². The van der Waals surface area contributed by atoms with Crippen LogP contribution < -0.4 is 4.74 Å². The standard InChI is InChI=1S/C27H22F2N2O4/c28-22-11-10-18(16-23(22)29)26(32)30-12-14-31(15-13-30)27(33)25-21(17-34-19-6-2-1-3-7-19)20-8-4-5-9-24(20)35-25/h1-11,16H,12-15,17H2. The zero-order valence-electron chi connectivity index (χ0n) is 18.7. The number of carbonyl (C=O) groups excluding carboxylic acids is 2. The zero-order valence-corrected chi connectivity index (χ0v) is 18.7. The second-order valence-electron chi connectivity index (χ2n) is 8.22. The van der Waals surface area contributed by atoms with E-state index in [1.54, 1.807) is 11.0 Å². The number of rotatable bonds is 5. The molecule has 0 aliphatic carbocycles. The van der Waals surface area contributed by atoms with Gasteiger partial charge in [0.1, 0.15) is 17.9 Å². The summed E-state index contributed by atoms with van der Waals surface area (Å²) < 4.78 is 38.6. The Labute approximate surface area is 200 Å². The average Bonchev–Trinajstić information content (AvgIpc) is 3.27. The maximum absolute atomic E-state index is 13.5. The van der Waals surface area contributed by atoms with Crippen molar-refractivity contribution in [1.82, 2.24) is 9.80 Å². The third-order valence-corrected chi connectivity index (χ3v) is 6.04. The van der Waals surface area contributed by atoms with Crippen LogP contribution in [0.5, 0.6) is 5.75 Å². The third kappa shape index (κ3) is 4.59. The van der Waals surface area contributed by atoms with E-state index >= 15 is 0 Å². The first kappa shape index (κ1) is 22.6. The molecule has 8 heteroatoms. The molecule has 0 N–H and O–H groups in total. The molecule has 6 nitrogen and oxygen atoms in total. The van der Waals surface area contributed by atoms with E-state index in [4.69, 9.17) is 9.15 Å². The first-order valence-corrected chi connectivity index (χ1v) is 11.2. The number of ether oxygens (including phenoxy) is 1. The highest BCUT2D eigenvalue weighted by Gasteiger charge is 2.30. The van der Waals surface area contributed by atoms with Crippen LogP contribution in [0.3, 0.4) is 0 Å². The predicted molar refractivity (Wildman–Crippen MR) is 125 cm³/mol. The van der Waals surface area contributed by atoms with Crippen molar-refractivity contribution in [3.8, 4) is 5.75 Å². The van der Waals surface area contributed by atoms with Crippen LogP contribution in [0.2, 0.25) is 0 Å². The van der Waals surface area contributed by atoms with Crippen LogP contribution in [0.25, 0.3) is 11.0 Å². The normalized spacial score (nSPS) is 13.8. The number of furan rings is 1. The van der Waals surface area contributed by atoms with E-state index in [0.717, 1.165) is 17.5 Å². The molecule has 35 heavy (non-hydrogen) atoms. The van der Waals surface area contributed by atoms with E-state index in [0.29, 0.717) is 16.9 Å². The molecule has 0 spiro atoms. The van der Waals surface area contributed by atoms with Crippen LogP contribution in [0, 0.1) is 11.6 Å². The van der Waals surface area contributed by atoms with E-state index in [9.17, 15) is 18.4 Å². The number of halogens is 2. The van der Waals surface area contributed by atoms with Crippen LogP contribution in [-0.4, -0.2) is 47.8 Å². The molecule has 1 fully saturated rings. The van der Waals surface area contributed by atoms with Crippen molar-refractivity contribution in [2.45, 2.75) is 6.61 Å². The van der Waals surface area contributed by atoms with Crippen molar-refractivity contribution in [2.75, 3.05) is 26.2 Å². The highest BCUT2D eigenvalue weighted by molar-refractivity contribution is 5.99. The van der Waals surface area contributed by atoms with Gasteiger partial charge in [0.2, 0.25) is 0 Å². The Bertz CT molecular complexity index is 1380. The molecule has 0 radical (unpaired) electrons. The number of carbonyl (C=O) groups is 2. The van der Waals surface area contributed by atoms with Gasteiger partial charge in [-0.3, -0.25) is 9.59 Å². The summed E-state index contributed by atoms with van der Waals surface area (Å²) in [5, 5.41) is 0.805. The summed E-state index contributed by atoms with van der Waals surface area (Å²) in [5.41, 5.74) is 1.32. The summed E-state index contributed by atoms with van der Waals surface area (Å²) in [4.78, 5) is 29.3. The minimum Gasteiger partial charge on any atom is -0.489 e. The molecule has 1 saturated heterocycles. The minimum absolute atomic E-state index is 0.0707. The largest absolute Gasteiger partial charge is 0.489 e. The number of fused-ring (bicyclic) bond motifs is 1. The van der Waals surface area contributed by atoms with Gasteiger partial charge in [-0.2, -0.15) is 0 Å². The molecule has 0 atom stereocenters. The van der Waals surface area contributed by atoms with Gasteiger partial charge in [-0.15, -0.1) is 0 Å². The Morgan fingerprint density at radius 3 is 2.17 bits per heavy atom. The first-order valence-electron chi connectivity index (χ1n) is 11.2. The van der Waals surface area contributed by atoms with Gasteiger partial charge >= 0.3 is 0 Å². The number of hydrogen-bond acceptors (Lipinski definition) is 4. The molecule has 1 aliphatic heterocycles. The van der Waals surface area contributed by atoms with Gasteiger partial charge in [0, 0.05) is 42.7 Å². The lowest BCUT2D eigenvalue weighted by Crippen LogP contribution is -2.50. The predicted octanol–water partition coefficient (Wildman–Crippen LogP) is 4.89. The molecule has 2 amide bonds. The molecule has 178 valence electrons. The lowest BCUT2D eigenvalue weighted by Gasteiger charge is -2.34. The summed E-state index contributed by atoms with van der Waals surface area (Å²) in [5.74, 6) is -1.87. The van der Waals surface area contributed by atoms with Gasteiger partial charge < -0.3 is 19.0 Å². The summed E-state index contributed by atoms with van der Waals surface area (Å²) in [6.45, 7) is 1.25. The molecular formula is C27H22F2N2O4. The van der Waals surface area contributed by atoms with Crippen molar-refractivity contribution in [3.05, 3.63) is 101 Å². The van der Waals surface area contributed by atoms with Gasteiger partial charge in [0.15, 0.2) is 17.4 Å². The third-order valence-electron chi connectivity index (χ3n) is 6.04. The molecular weight excluding hydrogens is 454 g/mol. The highest BCUT2D eigenvalue weighted by atomic mass is 19.2. The van der Waals surface area contributed by atoms with Crippen LogP contribution in [0.1, 0.15) is 26.5 Å².